The topological polar surface area (TPSA) is 43.9 Å². The second-order valence-corrected chi connectivity index (χ2v) is 7.86. The van der Waals surface area contributed by atoms with Gasteiger partial charge in [0.15, 0.2) is 0 Å². The van der Waals surface area contributed by atoms with E-state index in [2.05, 4.69) is 11.0 Å². The Kier molecular flexibility index (Phi) is 5.25. The lowest BCUT2D eigenvalue weighted by atomic mass is 9.88. The van der Waals surface area contributed by atoms with Crippen molar-refractivity contribution in [2.75, 3.05) is 44.2 Å². The maximum absolute atomic E-state index is 12.7. The minimum atomic E-state index is 0.182. The minimum Gasteiger partial charge on any atom is -0.340 e. The number of piperazine rings is 1. The van der Waals surface area contributed by atoms with Crippen LogP contribution in [0, 0.1) is 5.92 Å². The second-order valence-electron chi connectivity index (χ2n) is 7.86. The van der Waals surface area contributed by atoms with Gasteiger partial charge in [-0.05, 0) is 30.9 Å². The SMILES string of the molecule is O=C(C1CCCCC1)N1CCN(CC(=O)N2CCc3ccccc32)CC1. The lowest BCUT2D eigenvalue weighted by molar-refractivity contribution is -0.138. The van der Waals surface area contributed by atoms with Gasteiger partial charge in [0.05, 0.1) is 6.54 Å². The molecule has 4 rings (SSSR count). The van der Waals surface area contributed by atoms with Crippen molar-refractivity contribution in [3.63, 3.8) is 0 Å². The molecule has 0 radical (unpaired) electrons. The minimum absolute atomic E-state index is 0.182. The number of rotatable bonds is 3. The molecule has 0 spiro atoms. The van der Waals surface area contributed by atoms with E-state index in [1.807, 2.05) is 28.0 Å². The monoisotopic (exact) mass is 355 g/mol. The van der Waals surface area contributed by atoms with Crippen LogP contribution in [0.2, 0.25) is 0 Å². The van der Waals surface area contributed by atoms with E-state index in [1.54, 1.807) is 0 Å². The standard InChI is InChI=1S/C21H29N3O2/c25-20(24-11-10-17-6-4-5-9-19(17)24)16-22-12-14-23(15-13-22)21(26)18-7-2-1-3-8-18/h4-6,9,18H,1-3,7-8,10-16H2. The van der Waals surface area contributed by atoms with Crippen molar-refractivity contribution in [2.45, 2.75) is 38.5 Å². The van der Waals surface area contributed by atoms with Crippen molar-refractivity contribution in [1.82, 2.24) is 9.80 Å². The van der Waals surface area contributed by atoms with Gasteiger partial charge < -0.3 is 9.80 Å². The van der Waals surface area contributed by atoms with Gasteiger partial charge in [-0.1, -0.05) is 37.5 Å². The molecule has 5 nitrogen and oxygen atoms in total. The Morgan fingerprint density at radius 1 is 0.923 bits per heavy atom. The third-order valence-corrected chi connectivity index (χ3v) is 6.19. The highest BCUT2D eigenvalue weighted by Gasteiger charge is 2.30. The molecule has 140 valence electrons. The molecule has 3 aliphatic rings. The number of hydrogen-bond acceptors (Lipinski definition) is 3. The highest BCUT2D eigenvalue weighted by atomic mass is 16.2. The first-order valence-electron chi connectivity index (χ1n) is 10.1. The Morgan fingerprint density at radius 3 is 2.42 bits per heavy atom. The van der Waals surface area contributed by atoms with Crippen LogP contribution in [0.3, 0.4) is 0 Å². The summed E-state index contributed by atoms with van der Waals surface area (Å²) in [5, 5.41) is 0. The van der Waals surface area contributed by atoms with Gasteiger partial charge in [-0.2, -0.15) is 0 Å². The number of amides is 2. The molecule has 0 unspecified atom stereocenters. The maximum atomic E-state index is 12.7. The molecule has 5 heteroatoms. The quantitative estimate of drug-likeness (QED) is 0.836. The van der Waals surface area contributed by atoms with Gasteiger partial charge in [0.2, 0.25) is 11.8 Å². The Morgan fingerprint density at radius 2 is 1.65 bits per heavy atom. The Bertz CT molecular complexity index is 661. The van der Waals surface area contributed by atoms with Gasteiger partial charge in [-0.15, -0.1) is 0 Å². The molecule has 2 amide bonds. The fourth-order valence-corrected chi connectivity index (χ4v) is 4.61. The fraction of sp³-hybridized carbons (Fsp3) is 0.619. The van der Waals surface area contributed by atoms with Crippen LogP contribution < -0.4 is 4.90 Å². The highest BCUT2D eigenvalue weighted by molar-refractivity contribution is 5.96. The van der Waals surface area contributed by atoms with E-state index in [0.717, 1.165) is 57.7 Å². The first-order valence-corrected chi connectivity index (χ1v) is 10.1. The van der Waals surface area contributed by atoms with Crippen LogP contribution in [0.5, 0.6) is 0 Å². The van der Waals surface area contributed by atoms with Crippen molar-refractivity contribution in [3.05, 3.63) is 29.8 Å². The average Bonchev–Trinajstić information content (AvgIpc) is 3.13. The normalized spacial score (nSPS) is 21.7. The molecule has 0 aromatic heterocycles. The molecule has 1 aliphatic carbocycles. The van der Waals surface area contributed by atoms with Gasteiger partial charge in [-0.25, -0.2) is 0 Å². The molecule has 0 N–H and O–H groups in total. The van der Waals surface area contributed by atoms with E-state index in [1.165, 1.54) is 24.8 Å². The fourth-order valence-electron chi connectivity index (χ4n) is 4.61. The Hall–Kier alpha value is -1.88. The summed E-state index contributed by atoms with van der Waals surface area (Å²) in [5.41, 5.74) is 2.34. The molecule has 0 bridgehead atoms. The summed E-state index contributed by atoms with van der Waals surface area (Å²) >= 11 is 0. The van der Waals surface area contributed by atoms with Crippen LogP contribution in [0.1, 0.15) is 37.7 Å². The van der Waals surface area contributed by atoms with Crippen LogP contribution in [0.15, 0.2) is 24.3 Å². The molecule has 26 heavy (non-hydrogen) atoms. The van der Waals surface area contributed by atoms with E-state index < -0.39 is 0 Å². The summed E-state index contributed by atoms with van der Waals surface area (Å²) in [6.07, 6.45) is 6.74. The van der Waals surface area contributed by atoms with E-state index in [-0.39, 0.29) is 11.8 Å². The van der Waals surface area contributed by atoms with Crippen molar-refractivity contribution in [3.8, 4) is 0 Å². The van der Waals surface area contributed by atoms with Crippen LogP contribution in [-0.4, -0.2) is 60.9 Å². The molecular weight excluding hydrogens is 326 g/mol. The van der Waals surface area contributed by atoms with E-state index in [0.29, 0.717) is 12.5 Å². The van der Waals surface area contributed by atoms with Crippen LogP contribution in [0.25, 0.3) is 0 Å². The largest absolute Gasteiger partial charge is 0.340 e. The molecule has 2 heterocycles. The molecule has 1 saturated carbocycles. The summed E-state index contributed by atoms with van der Waals surface area (Å²) in [6.45, 7) is 4.38. The average molecular weight is 355 g/mol. The summed E-state index contributed by atoms with van der Waals surface area (Å²) in [6, 6.07) is 8.19. The molecule has 1 saturated heterocycles. The zero-order valence-corrected chi connectivity index (χ0v) is 15.5. The second kappa shape index (κ2) is 7.78. The first-order chi connectivity index (χ1) is 12.7. The summed E-state index contributed by atoms with van der Waals surface area (Å²) in [7, 11) is 0. The zero-order valence-electron chi connectivity index (χ0n) is 15.5. The predicted molar refractivity (Wildman–Crippen MR) is 102 cm³/mol. The van der Waals surface area contributed by atoms with Gasteiger partial charge in [-0.3, -0.25) is 14.5 Å². The number of hydrogen-bond donors (Lipinski definition) is 0. The smallest absolute Gasteiger partial charge is 0.241 e. The molecule has 1 aromatic rings. The number of carbonyl (C=O) groups is 2. The number of nitrogens with zero attached hydrogens (tertiary/aromatic N) is 3. The third kappa shape index (κ3) is 3.63. The third-order valence-electron chi connectivity index (χ3n) is 6.19. The van der Waals surface area contributed by atoms with Crippen LogP contribution in [-0.2, 0) is 16.0 Å². The molecule has 2 fully saturated rings. The van der Waals surface area contributed by atoms with Crippen molar-refractivity contribution < 1.29 is 9.59 Å². The number of fused-ring (bicyclic) bond motifs is 1. The zero-order chi connectivity index (χ0) is 17.9. The Balaban J connectivity index is 1.27. The van der Waals surface area contributed by atoms with E-state index >= 15 is 0 Å². The summed E-state index contributed by atoms with van der Waals surface area (Å²) < 4.78 is 0. The molecule has 2 aliphatic heterocycles. The molecule has 1 aromatic carbocycles. The molecular formula is C21H29N3O2. The lowest BCUT2D eigenvalue weighted by Crippen LogP contribution is -2.52. The Labute approximate surface area is 155 Å². The van der Waals surface area contributed by atoms with Gasteiger partial charge in [0.1, 0.15) is 0 Å². The maximum Gasteiger partial charge on any atom is 0.241 e. The van der Waals surface area contributed by atoms with Crippen molar-refractivity contribution in [1.29, 1.82) is 0 Å². The first kappa shape index (κ1) is 17.5. The molecule has 0 atom stereocenters. The lowest BCUT2D eigenvalue weighted by Gasteiger charge is -2.37. The van der Waals surface area contributed by atoms with Crippen LogP contribution in [0.4, 0.5) is 5.69 Å². The highest BCUT2D eigenvalue weighted by Crippen LogP contribution is 2.28. The van der Waals surface area contributed by atoms with Crippen molar-refractivity contribution in [2.24, 2.45) is 5.92 Å². The van der Waals surface area contributed by atoms with E-state index in [9.17, 15) is 9.59 Å². The predicted octanol–water partition coefficient (Wildman–Crippen LogP) is 2.30. The number of carbonyl (C=O) groups excluding carboxylic acids is 2. The summed E-state index contributed by atoms with van der Waals surface area (Å²) in [4.78, 5) is 31.6. The van der Waals surface area contributed by atoms with E-state index in [4.69, 9.17) is 0 Å². The van der Waals surface area contributed by atoms with Gasteiger partial charge >= 0.3 is 0 Å². The summed E-state index contributed by atoms with van der Waals surface area (Å²) in [5.74, 6) is 0.782. The number of benzene rings is 1. The van der Waals surface area contributed by atoms with Gasteiger partial charge in [0, 0.05) is 44.3 Å². The van der Waals surface area contributed by atoms with Gasteiger partial charge in [0.25, 0.3) is 0 Å². The number of para-hydroxylation sites is 1. The number of anilines is 1. The van der Waals surface area contributed by atoms with Crippen LogP contribution >= 0.6 is 0 Å². The van der Waals surface area contributed by atoms with Crippen molar-refractivity contribution >= 4 is 17.5 Å².